The number of nitrogens with one attached hydrogen (secondary N) is 1. The molecule has 1 aromatic rings. The maximum Gasteiger partial charge on any atom is 0.328 e. The first-order chi connectivity index (χ1) is 8.54. The average molecular weight is 270 g/mol. The van der Waals surface area contributed by atoms with E-state index in [1.807, 2.05) is 19.1 Å². The van der Waals surface area contributed by atoms with Gasteiger partial charge in [-0.15, -0.1) is 0 Å². The Morgan fingerprint density at radius 2 is 2.28 bits per heavy atom. The molecule has 1 aromatic carbocycles. The van der Waals surface area contributed by atoms with Gasteiger partial charge in [0.15, 0.2) is 0 Å². The summed E-state index contributed by atoms with van der Waals surface area (Å²) in [6, 6.07) is 3.73. The quantitative estimate of drug-likeness (QED) is 0.615. The lowest BCUT2D eigenvalue weighted by molar-refractivity contribution is -0.131. The molecule has 98 valence electrons. The van der Waals surface area contributed by atoms with Crippen molar-refractivity contribution in [1.29, 1.82) is 0 Å². The summed E-state index contributed by atoms with van der Waals surface area (Å²) in [5.41, 5.74) is 1.90. The number of benzene rings is 1. The number of methoxy groups -OCH3 is 1. The molecule has 0 atom stereocenters. The van der Waals surface area contributed by atoms with Crippen LogP contribution in [0.5, 0.6) is 5.75 Å². The van der Waals surface area contributed by atoms with Crippen LogP contribution in [0.15, 0.2) is 24.3 Å². The van der Waals surface area contributed by atoms with Crippen molar-refractivity contribution < 1.29 is 14.6 Å². The lowest BCUT2D eigenvalue weighted by atomic mass is 10.1. The minimum atomic E-state index is -0.951. The van der Waals surface area contributed by atoms with E-state index >= 15 is 0 Å². The molecule has 1 rings (SSSR count). The van der Waals surface area contributed by atoms with Gasteiger partial charge in [0.1, 0.15) is 5.75 Å². The Morgan fingerprint density at radius 1 is 1.56 bits per heavy atom. The second kappa shape index (κ2) is 7.03. The van der Waals surface area contributed by atoms with E-state index in [0.717, 1.165) is 23.0 Å². The fourth-order valence-electron chi connectivity index (χ4n) is 1.47. The van der Waals surface area contributed by atoms with Crippen molar-refractivity contribution in [3.05, 3.63) is 40.4 Å². The highest BCUT2D eigenvalue weighted by atomic mass is 35.5. The molecule has 0 radical (unpaired) electrons. The van der Waals surface area contributed by atoms with Gasteiger partial charge in [0.25, 0.3) is 0 Å². The minimum Gasteiger partial charge on any atom is -0.496 e. The zero-order valence-electron chi connectivity index (χ0n) is 10.4. The van der Waals surface area contributed by atoms with Crippen molar-refractivity contribution in [2.75, 3.05) is 13.7 Å². The molecule has 5 heteroatoms. The summed E-state index contributed by atoms with van der Waals surface area (Å²) in [6.07, 6.45) is 2.65. The van der Waals surface area contributed by atoms with E-state index in [4.69, 9.17) is 21.4 Å². The molecule has 0 aliphatic carbocycles. The summed E-state index contributed by atoms with van der Waals surface area (Å²) in [4.78, 5) is 10.3. The molecule has 0 unspecified atom stereocenters. The van der Waals surface area contributed by atoms with Gasteiger partial charge in [-0.2, -0.15) is 0 Å². The van der Waals surface area contributed by atoms with Crippen molar-refractivity contribution in [2.24, 2.45) is 0 Å². The number of carbonyl (C=O) groups is 1. The van der Waals surface area contributed by atoms with E-state index in [-0.39, 0.29) is 0 Å². The third kappa shape index (κ3) is 4.39. The Balaban J connectivity index is 2.61. The van der Waals surface area contributed by atoms with Crippen LogP contribution >= 0.6 is 11.6 Å². The first-order valence-corrected chi connectivity index (χ1v) is 5.85. The molecule has 0 aromatic heterocycles. The highest BCUT2D eigenvalue weighted by Crippen LogP contribution is 2.26. The molecule has 0 amide bonds. The number of hydrogen-bond acceptors (Lipinski definition) is 3. The largest absolute Gasteiger partial charge is 0.496 e. The number of hydrogen-bond donors (Lipinski definition) is 2. The summed E-state index contributed by atoms with van der Waals surface area (Å²) >= 11 is 6.05. The van der Waals surface area contributed by atoms with E-state index in [1.54, 1.807) is 13.2 Å². The number of carboxylic acid groups (broad SMARTS) is 1. The molecule has 2 N–H and O–H groups in total. The van der Waals surface area contributed by atoms with E-state index in [2.05, 4.69) is 5.32 Å². The van der Waals surface area contributed by atoms with E-state index in [1.165, 1.54) is 0 Å². The Morgan fingerprint density at radius 3 is 2.89 bits per heavy atom. The van der Waals surface area contributed by atoms with Crippen LogP contribution in [0.2, 0.25) is 5.02 Å². The zero-order chi connectivity index (χ0) is 13.5. The van der Waals surface area contributed by atoms with Gasteiger partial charge >= 0.3 is 5.97 Å². The Hall–Kier alpha value is -1.52. The average Bonchev–Trinajstić information content (AvgIpc) is 2.32. The molecule has 0 heterocycles. The van der Waals surface area contributed by atoms with Crippen LogP contribution in [0.3, 0.4) is 0 Å². The molecular weight excluding hydrogens is 254 g/mol. The summed E-state index contributed by atoms with van der Waals surface area (Å²) in [5.74, 6) is -0.181. The summed E-state index contributed by atoms with van der Waals surface area (Å²) < 4.78 is 5.27. The maximum absolute atomic E-state index is 10.3. The van der Waals surface area contributed by atoms with Crippen LogP contribution in [0.1, 0.15) is 11.1 Å². The van der Waals surface area contributed by atoms with E-state index in [0.29, 0.717) is 18.1 Å². The highest BCUT2D eigenvalue weighted by molar-refractivity contribution is 6.31. The van der Waals surface area contributed by atoms with Gasteiger partial charge in [0.2, 0.25) is 0 Å². The summed E-state index contributed by atoms with van der Waals surface area (Å²) in [5, 5.41) is 12.2. The first kappa shape index (κ1) is 14.5. The molecule has 0 saturated carbocycles. The van der Waals surface area contributed by atoms with Crippen LogP contribution in [-0.4, -0.2) is 24.7 Å². The predicted octanol–water partition coefficient (Wildman–Crippen LogP) is 2.39. The van der Waals surface area contributed by atoms with Crippen molar-refractivity contribution in [1.82, 2.24) is 5.32 Å². The van der Waals surface area contributed by atoms with Crippen molar-refractivity contribution in [3.63, 3.8) is 0 Å². The lowest BCUT2D eigenvalue weighted by Gasteiger charge is -2.11. The lowest BCUT2D eigenvalue weighted by Crippen LogP contribution is -2.14. The Bertz CT molecular complexity index is 458. The fourth-order valence-corrected chi connectivity index (χ4v) is 1.66. The van der Waals surface area contributed by atoms with Crippen molar-refractivity contribution >= 4 is 17.6 Å². The van der Waals surface area contributed by atoms with E-state index < -0.39 is 5.97 Å². The van der Waals surface area contributed by atoms with Gasteiger partial charge in [-0.05, 0) is 24.6 Å². The number of aliphatic carboxylic acids is 1. The normalized spacial score (nSPS) is 10.8. The predicted molar refractivity (Wildman–Crippen MR) is 71.2 cm³/mol. The second-order valence-electron chi connectivity index (χ2n) is 3.78. The number of aryl methyl sites for hydroxylation is 1. The molecule has 0 aliphatic rings. The van der Waals surface area contributed by atoms with Gasteiger partial charge < -0.3 is 15.2 Å². The van der Waals surface area contributed by atoms with Gasteiger partial charge in [-0.1, -0.05) is 17.7 Å². The Labute approximate surface area is 111 Å². The number of rotatable bonds is 6. The SMILES string of the molecule is COc1cc(C)c(Cl)cc1CNC/C=C/C(=O)O. The van der Waals surface area contributed by atoms with Crippen LogP contribution in [-0.2, 0) is 11.3 Å². The monoisotopic (exact) mass is 269 g/mol. The standard InChI is InChI=1S/C13H16ClNO3/c1-9-6-12(18-2)10(7-11(9)14)8-15-5-3-4-13(16)17/h3-4,6-7,15H,5,8H2,1-2H3,(H,16,17)/b4-3+. The second-order valence-corrected chi connectivity index (χ2v) is 4.19. The molecule has 0 aliphatic heterocycles. The van der Waals surface area contributed by atoms with Crippen molar-refractivity contribution in [3.8, 4) is 5.75 Å². The van der Waals surface area contributed by atoms with Crippen LogP contribution < -0.4 is 10.1 Å². The molecular formula is C13H16ClNO3. The third-order valence-corrected chi connectivity index (χ3v) is 2.81. The summed E-state index contributed by atoms with van der Waals surface area (Å²) in [7, 11) is 1.61. The smallest absolute Gasteiger partial charge is 0.328 e. The zero-order valence-corrected chi connectivity index (χ0v) is 11.1. The van der Waals surface area contributed by atoms with Crippen LogP contribution in [0.4, 0.5) is 0 Å². The van der Waals surface area contributed by atoms with Gasteiger partial charge in [-0.3, -0.25) is 0 Å². The maximum atomic E-state index is 10.3. The molecule has 0 saturated heterocycles. The van der Waals surface area contributed by atoms with Gasteiger partial charge in [-0.25, -0.2) is 4.79 Å². The molecule has 4 nitrogen and oxygen atoms in total. The number of carboxylic acids is 1. The topological polar surface area (TPSA) is 58.6 Å². The number of ether oxygens (including phenoxy) is 1. The van der Waals surface area contributed by atoms with Gasteiger partial charge in [0, 0.05) is 29.8 Å². The fraction of sp³-hybridized carbons (Fsp3) is 0.308. The van der Waals surface area contributed by atoms with Crippen LogP contribution in [0.25, 0.3) is 0 Å². The Kier molecular flexibility index (Phi) is 5.68. The summed E-state index contributed by atoms with van der Waals surface area (Å²) in [6.45, 7) is 2.95. The molecule has 0 fully saturated rings. The number of halogens is 1. The van der Waals surface area contributed by atoms with Crippen LogP contribution in [0, 0.1) is 6.92 Å². The molecule has 0 spiro atoms. The minimum absolute atomic E-state index is 0.473. The third-order valence-electron chi connectivity index (χ3n) is 2.40. The molecule has 18 heavy (non-hydrogen) atoms. The highest BCUT2D eigenvalue weighted by Gasteiger charge is 2.06. The van der Waals surface area contributed by atoms with Crippen molar-refractivity contribution in [2.45, 2.75) is 13.5 Å². The molecule has 0 bridgehead atoms. The first-order valence-electron chi connectivity index (χ1n) is 5.47. The van der Waals surface area contributed by atoms with Gasteiger partial charge in [0.05, 0.1) is 7.11 Å². The van der Waals surface area contributed by atoms with E-state index in [9.17, 15) is 4.79 Å².